The van der Waals surface area contributed by atoms with Crippen molar-refractivity contribution >= 4 is 23.5 Å². The maximum Gasteiger partial charge on any atom is 0.328 e. The number of aliphatic hydroxyl groups excluding tert-OH is 1. The summed E-state index contributed by atoms with van der Waals surface area (Å²) >= 11 is 6.46. The first kappa shape index (κ1) is 23.7. The molecule has 5 atom stereocenters. The fourth-order valence-electron chi connectivity index (χ4n) is 3.60. The molecule has 11 heteroatoms. The zero-order valence-electron chi connectivity index (χ0n) is 16.9. The second kappa shape index (κ2) is 11.0. The van der Waals surface area contributed by atoms with Crippen molar-refractivity contribution in [3.8, 4) is 0 Å². The van der Waals surface area contributed by atoms with Gasteiger partial charge in [0.2, 0.25) is 0 Å². The molecule has 2 heterocycles. The fraction of sp³-hybridized carbons (Fsp3) is 0.889. The van der Waals surface area contributed by atoms with Crippen molar-refractivity contribution in [3.05, 3.63) is 10.4 Å². The number of nitrogens with zero attached hydrogens (tertiary/aromatic N) is 4. The number of imide groups is 1. The van der Waals surface area contributed by atoms with Gasteiger partial charge in [-0.3, -0.25) is 15.0 Å². The van der Waals surface area contributed by atoms with Crippen LogP contribution < -0.4 is 5.32 Å². The number of rotatable bonds is 11. The fourth-order valence-corrected chi connectivity index (χ4v) is 3.81. The number of amides is 3. The van der Waals surface area contributed by atoms with E-state index in [1.54, 1.807) is 0 Å². The summed E-state index contributed by atoms with van der Waals surface area (Å²) in [4.78, 5) is 27.3. The Morgan fingerprint density at radius 3 is 2.72 bits per heavy atom. The van der Waals surface area contributed by atoms with E-state index in [1.807, 2.05) is 0 Å². The van der Waals surface area contributed by atoms with Gasteiger partial charge < -0.3 is 14.6 Å². The number of halogens is 1. The molecule has 0 bridgehead atoms. The van der Waals surface area contributed by atoms with E-state index in [1.165, 1.54) is 31.1 Å². The van der Waals surface area contributed by atoms with Crippen molar-refractivity contribution in [3.63, 3.8) is 0 Å². The molecule has 2 N–H and O–H groups in total. The average molecular weight is 432 g/mol. The SMILES string of the molecule is CCCCCCCCOC1N(C2CC(N=[N+]=[N-])C(CO)O2)C(=O)NC(=O)C1(C)Cl. The number of hydrogen-bond donors (Lipinski definition) is 2. The van der Waals surface area contributed by atoms with Crippen LogP contribution in [0.1, 0.15) is 58.8 Å². The molecule has 10 nitrogen and oxygen atoms in total. The lowest BCUT2D eigenvalue weighted by molar-refractivity contribution is -0.161. The number of urea groups is 1. The first-order valence-electron chi connectivity index (χ1n) is 10.1. The molecule has 0 spiro atoms. The molecule has 0 aliphatic carbocycles. The van der Waals surface area contributed by atoms with E-state index in [0.717, 1.165) is 19.3 Å². The molecule has 2 aliphatic rings. The molecular formula is C18H30ClN5O5. The molecule has 2 aliphatic heterocycles. The summed E-state index contributed by atoms with van der Waals surface area (Å²) in [5.74, 6) is -0.642. The lowest BCUT2D eigenvalue weighted by Gasteiger charge is -2.45. The minimum absolute atomic E-state index is 0.167. The van der Waals surface area contributed by atoms with Crippen LogP contribution in [0.25, 0.3) is 10.4 Å². The monoisotopic (exact) mass is 431 g/mol. The van der Waals surface area contributed by atoms with Gasteiger partial charge in [0.1, 0.15) is 6.23 Å². The van der Waals surface area contributed by atoms with Crippen LogP contribution in [0, 0.1) is 0 Å². The van der Waals surface area contributed by atoms with Gasteiger partial charge >= 0.3 is 6.03 Å². The lowest BCUT2D eigenvalue weighted by atomic mass is 10.0. The number of aliphatic hydroxyl groups is 1. The minimum Gasteiger partial charge on any atom is -0.394 e. The summed E-state index contributed by atoms with van der Waals surface area (Å²) in [5.41, 5.74) is 8.72. The van der Waals surface area contributed by atoms with E-state index >= 15 is 0 Å². The van der Waals surface area contributed by atoms with E-state index in [9.17, 15) is 14.7 Å². The zero-order valence-corrected chi connectivity index (χ0v) is 17.7. The molecule has 2 rings (SSSR count). The number of carbonyl (C=O) groups excluding carboxylic acids is 2. The third kappa shape index (κ3) is 5.73. The summed E-state index contributed by atoms with van der Waals surface area (Å²) in [5, 5.41) is 15.3. The Bertz CT molecular complexity index is 628. The Labute approximate surface area is 175 Å². The predicted molar refractivity (Wildman–Crippen MR) is 106 cm³/mol. The van der Waals surface area contributed by atoms with Gasteiger partial charge in [0.15, 0.2) is 11.1 Å². The minimum atomic E-state index is -1.51. The van der Waals surface area contributed by atoms with Gasteiger partial charge in [0.05, 0.1) is 18.8 Å². The van der Waals surface area contributed by atoms with E-state index in [2.05, 4.69) is 22.3 Å². The summed E-state index contributed by atoms with van der Waals surface area (Å²) in [6.45, 7) is 3.61. The van der Waals surface area contributed by atoms with Crippen molar-refractivity contribution in [2.75, 3.05) is 13.2 Å². The maximum absolute atomic E-state index is 12.6. The van der Waals surface area contributed by atoms with Crippen LogP contribution in [0.15, 0.2) is 5.11 Å². The molecule has 0 aromatic heterocycles. The van der Waals surface area contributed by atoms with Crippen molar-refractivity contribution in [2.45, 2.75) is 88.3 Å². The number of hydrogen-bond acceptors (Lipinski definition) is 6. The van der Waals surface area contributed by atoms with E-state index in [0.29, 0.717) is 6.61 Å². The number of ether oxygens (including phenoxy) is 2. The third-order valence-corrected chi connectivity index (χ3v) is 5.64. The van der Waals surface area contributed by atoms with Crippen LogP contribution in [0.5, 0.6) is 0 Å². The van der Waals surface area contributed by atoms with E-state index in [4.69, 9.17) is 26.6 Å². The second-order valence-corrected chi connectivity index (χ2v) is 8.34. The highest BCUT2D eigenvalue weighted by Crippen LogP contribution is 2.35. The van der Waals surface area contributed by atoms with Crippen LogP contribution in [0.4, 0.5) is 4.79 Å². The number of unbranched alkanes of at least 4 members (excludes halogenated alkanes) is 5. The highest BCUT2D eigenvalue weighted by Gasteiger charge is 2.54. The van der Waals surface area contributed by atoms with Crippen LogP contribution in [-0.4, -0.2) is 64.6 Å². The summed E-state index contributed by atoms with van der Waals surface area (Å²) in [6.07, 6.45) is 3.92. The second-order valence-electron chi connectivity index (χ2n) is 7.55. The summed E-state index contributed by atoms with van der Waals surface area (Å²) < 4.78 is 11.6. The molecule has 2 saturated heterocycles. The topological polar surface area (TPSA) is 137 Å². The molecule has 5 unspecified atom stereocenters. The standard InChI is InChI=1S/C18H30ClN5O5/c1-3-4-5-6-7-8-9-28-16-18(2,19)15(26)21-17(27)24(16)14-10-12(22-23-20)13(11-25)29-14/h12-14,16,25H,3-11H2,1-2H3,(H,21,26,27). The molecule has 0 aromatic carbocycles. The van der Waals surface area contributed by atoms with Crippen molar-refractivity contribution in [1.29, 1.82) is 0 Å². The Balaban J connectivity index is 2.07. The molecule has 2 fully saturated rings. The number of alkyl halides is 1. The van der Waals surface area contributed by atoms with Gasteiger partial charge in [0, 0.05) is 17.9 Å². The van der Waals surface area contributed by atoms with Gasteiger partial charge in [-0.05, 0) is 18.9 Å². The van der Waals surface area contributed by atoms with Crippen molar-refractivity contribution in [2.24, 2.45) is 5.11 Å². The van der Waals surface area contributed by atoms with Crippen LogP contribution in [0.3, 0.4) is 0 Å². The Hall–Kier alpha value is -1.58. The van der Waals surface area contributed by atoms with Crippen molar-refractivity contribution < 1.29 is 24.2 Å². The Morgan fingerprint density at radius 1 is 1.38 bits per heavy atom. The molecule has 0 radical (unpaired) electrons. The van der Waals surface area contributed by atoms with Crippen LogP contribution >= 0.6 is 11.6 Å². The number of nitrogens with one attached hydrogen (secondary N) is 1. The van der Waals surface area contributed by atoms with Gasteiger partial charge in [-0.15, -0.1) is 11.6 Å². The lowest BCUT2D eigenvalue weighted by Crippen LogP contribution is -2.69. The van der Waals surface area contributed by atoms with Gasteiger partial charge in [-0.25, -0.2) is 4.79 Å². The first-order valence-corrected chi connectivity index (χ1v) is 10.5. The molecule has 0 saturated carbocycles. The van der Waals surface area contributed by atoms with Gasteiger partial charge in [-0.2, -0.15) is 0 Å². The molecule has 3 amide bonds. The molecule has 29 heavy (non-hydrogen) atoms. The summed E-state index contributed by atoms with van der Waals surface area (Å²) in [6, 6.07) is -1.33. The number of carbonyl (C=O) groups is 2. The highest BCUT2D eigenvalue weighted by atomic mass is 35.5. The normalized spacial score (nSPS) is 32.2. The zero-order chi connectivity index (χ0) is 21.4. The quantitative estimate of drug-likeness (QED) is 0.170. The molecular weight excluding hydrogens is 402 g/mol. The first-order chi connectivity index (χ1) is 13.9. The maximum atomic E-state index is 12.6. The highest BCUT2D eigenvalue weighted by molar-refractivity contribution is 6.36. The predicted octanol–water partition coefficient (Wildman–Crippen LogP) is 3.03. The van der Waals surface area contributed by atoms with E-state index in [-0.39, 0.29) is 13.0 Å². The largest absolute Gasteiger partial charge is 0.394 e. The third-order valence-electron chi connectivity index (χ3n) is 5.28. The van der Waals surface area contributed by atoms with E-state index < -0.39 is 41.4 Å². The molecule has 0 aromatic rings. The number of azide groups is 1. The molecule has 164 valence electrons. The van der Waals surface area contributed by atoms with Crippen molar-refractivity contribution in [1.82, 2.24) is 10.2 Å². The van der Waals surface area contributed by atoms with Gasteiger partial charge in [0.25, 0.3) is 5.91 Å². The van der Waals surface area contributed by atoms with Crippen LogP contribution in [0.2, 0.25) is 0 Å². The average Bonchev–Trinajstić information content (AvgIpc) is 3.07. The van der Waals surface area contributed by atoms with Gasteiger partial charge in [-0.1, -0.05) is 44.1 Å². The Morgan fingerprint density at radius 2 is 2.07 bits per heavy atom. The summed E-state index contributed by atoms with van der Waals surface area (Å²) in [7, 11) is 0. The van der Waals surface area contributed by atoms with Crippen LogP contribution in [-0.2, 0) is 14.3 Å². The smallest absolute Gasteiger partial charge is 0.328 e. The Kier molecular flexibility index (Phi) is 8.98.